The number of nitrogens with one attached hydrogen (secondary N) is 1. The van der Waals surface area contributed by atoms with Gasteiger partial charge in [0.2, 0.25) is 0 Å². The maximum absolute atomic E-state index is 3.70. The normalized spacial score (nSPS) is 28.2. The van der Waals surface area contributed by atoms with Crippen molar-refractivity contribution in [3.05, 3.63) is 0 Å². The Morgan fingerprint density at radius 2 is 2.00 bits per heavy atom. The number of nitrogens with zero attached hydrogens (tertiary/aromatic N) is 1. The van der Waals surface area contributed by atoms with Crippen LogP contribution in [0.15, 0.2) is 0 Å². The number of hydrogen-bond donors (Lipinski definition) is 1. The first-order chi connectivity index (χ1) is 8.21. The van der Waals surface area contributed by atoms with Gasteiger partial charge in [-0.05, 0) is 25.2 Å². The maximum Gasteiger partial charge on any atom is 0.0221 e. The lowest BCUT2D eigenvalue weighted by Crippen LogP contribution is -2.57. The smallest absolute Gasteiger partial charge is 0.0221 e. The van der Waals surface area contributed by atoms with Crippen LogP contribution in [0.3, 0.4) is 0 Å². The van der Waals surface area contributed by atoms with Gasteiger partial charge in [0.1, 0.15) is 0 Å². The van der Waals surface area contributed by atoms with Crippen LogP contribution in [0.5, 0.6) is 0 Å². The van der Waals surface area contributed by atoms with Crippen LogP contribution >= 0.6 is 0 Å². The van der Waals surface area contributed by atoms with Gasteiger partial charge in [-0.2, -0.15) is 0 Å². The zero-order valence-electron chi connectivity index (χ0n) is 12.3. The lowest BCUT2D eigenvalue weighted by atomic mass is 9.99. The highest BCUT2D eigenvalue weighted by atomic mass is 15.2. The molecule has 0 aromatic carbocycles. The summed E-state index contributed by atoms with van der Waals surface area (Å²) in [6, 6.07) is 1.50. The van der Waals surface area contributed by atoms with Crippen molar-refractivity contribution in [3.8, 4) is 0 Å². The zero-order chi connectivity index (χ0) is 12.7. The zero-order valence-corrected chi connectivity index (χ0v) is 12.3. The summed E-state index contributed by atoms with van der Waals surface area (Å²) in [5, 5.41) is 3.70. The van der Waals surface area contributed by atoms with Gasteiger partial charge in [0.05, 0.1) is 0 Å². The predicted octanol–water partition coefficient (Wildman–Crippen LogP) is 3.28. The summed E-state index contributed by atoms with van der Waals surface area (Å²) in [6.07, 6.45) is 6.62. The Morgan fingerprint density at radius 3 is 2.59 bits per heavy atom. The monoisotopic (exact) mass is 240 g/mol. The average Bonchev–Trinajstić information content (AvgIpc) is 2.32. The molecule has 0 radical (unpaired) electrons. The third kappa shape index (κ3) is 4.97. The summed E-state index contributed by atoms with van der Waals surface area (Å²) in [4.78, 5) is 2.76. The van der Waals surface area contributed by atoms with E-state index in [1.807, 2.05) is 0 Å². The van der Waals surface area contributed by atoms with E-state index < -0.39 is 0 Å². The molecule has 2 heteroatoms. The van der Waals surface area contributed by atoms with Gasteiger partial charge in [-0.3, -0.25) is 4.90 Å². The molecule has 1 N–H and O–H groups in total. The third-order valence-electron chi connectivity index (χ3n) is 4.06. The van der Waals surface area contributed by atoms with E-state index in [1.165, 1.54) is 51.7 Å². The second-order valence-corrected chi connectivity index (χ2v) is 5.80. The van der Waals surface area contributed by atoms with E-state index in [1.54, 1.807) is 0 Å². The first-order valence-corrected chi connectivity index (χ1v) is 7.68. The van der Waals surface area contributed by atoms with Crippen molar-refractivity contribution in [3.63, 3.8) is 0 Å². The number of piperazine rings is 1. The molecule has 0 bridgehead atoms. The van der Waals surface area contributed by atoms with Gasteiger partial charge in [-0.15, -0.1) is 0 Å². The molecule has 0 amide bonds. The van der Waals surface area contributed by atoms with E-state index in [4.69, 9.17) is 0 Å². The minimum absolute atomic E-state index is 0.719. The maximum atomic E-state index is 3.70. The van der Waals surface area contributed by atoms with E-state index >= 15 is 0 Å². The van der Waals surface area contributed by atoms with Gasteiger partial charge in [-0.1, -0.05) is 40.5 Å². The molecule has 1 aliphatic heterocycles. The molecule has 3 atom stereocenters. The molecule has 102 valence electrons. The standard InChI is InChI=1S/C15H32N2/c1-5-8-13(4)11-17-12-14(7-3)16-10-15(17)9-6-2/h13-16H,5-12H2,1-4H3. The van der Waals surface area contributed by atoms with Crippen LogP contribution in [-0.2, 0) is 0 Å². The van der Waals surface area contributed by atoms with E-state index in [-0.39, 0.29) is 0 Å². The van der Waals surface area contributed by atoms with Crippen molar-refractivity contribution >= 4 is 0 Å². The lowest BCUT2D eigenvalue weighted by molar-refractivity contribution is 0.103. The SMILES string of the molecule is CCCC(C)CN1CC(CC)NCC1CCC. The van der Waals surface area contributed by atoms with Gasteiger partial charge in [0.15, 0.2) is 0 Å². The van der Waals surface area contributed by atoms with Gasteiger partial charge >= 0.3 is 0 Å². The molecule has 3 unspecified atom stereocenters. The summed E-state index contributed by atoms with van der Waals surface area (Å²) in [6.45, 7) is 13.1. The minimum atomic E-state index is 0.719. The summed E-state index contributed by atoms with van der Waals surface area (Å²) in [7, 11) is 0. The Hall–Kier alpha value is -0.0800. The van der Waals surface area contributed by atoms with Crippen LogP contribution in [0.2, 0.25) is 0 Å². The predicted molar refractivity (Wildman–Crippen MR) is 76.4 cm³/mol. The molecule has 1 rings (SSSR count). The molecule has 1 fully saturated rings. The van der Waals surface area contributed by atoms with Crippen molar-refractivity contribution in [2.24, 2.45) is 5.92 Å². The minimum Gasteiger partial charge on any atom is -0.311 e. The van der Waals surface area contributed by atoms with Crippen LogP contribution in [0.25, 0.3) is 0 Å². The Morgan fingerprint density at radius 1 is 1.24 bits per heavy atom. The topological polar surface area (TPSA) is 15.3 Å². The van der Waals surface area contributed by atoms with Gasteiger partial charge in [-0.25, -0.2) is 0 Å². The largest absolute Gasteiger partial charge is 0.311 e. The highest BCUT2D eigenvalue weighted by molar-refractivity contribution is 4.86. The van der Waals surface area contributed by atoms with Crippen LogP contribution in [-0.4, -0.2) is 36.6 Å². The molecule has 1 saturated heterocycles. The molecule has 0 aromatic rings. The van der Waals surface area contributed by atoms with E-state index in [2.05, 4.69) is 37.9 Å². The Labute approximate surface area is 108 Å². The van der Waals surface area contributed by atoms with Crippen LogP contribution in [0, 0.1) is 5.92 Å². The van der Waals surface area contributed by atoms with Crippen molar-refractivity contribution in [2.75, 3.05) is 19.6 Å². The number of hydrogen-bond acceptors (Lipinski definition) is 2. The van der Waals surface area contributed by atoms with Crippen molar-refractivity contribution in [1.82, 2.24) is 10.2 Å². The number of rotatable bonds is 7. The van der Waals surface area contributed by atoms with E-state index in [0.29, 0.717) is 0 Å². The fraction of sp³-hybridized carbons (Fsp3) is 1.00. The van der Waals surface area contributed by atoms with Crippen LogP contribution in [0.1, 0.15) is 59.8 Å². The molecular weight excluding hydrogens is 208 g/mol. The summed E-state index contributed by atoms with van der Waals surface area (Å²) >= 11 is 0. The molecule has 0 spiro atoms. The third-order valence-corrected chi connectivity index (χ3v) is 4.06. The van der Waals surface area contributed by atoms with Crippen LogP contribution in [0.4, 0.5) is 0 Å². The molecule has 0 aliphatic carbocycles. The molecule has 1 aliphatic rings. The van der Waals surface area contributed by atoms with Gasteiger partial charge in [0.25, 0.3) is 0 Å². The summed E-state index contributed by atoms with van der Waals surface area (Å²) in [5.41, 5.74) is 0. The molecule has 1 heterocycles. The fourth-order valence-corrected chi connectivity index (χ4v) is 3.03. The Bertz CT molecular complexity index is 193. The Balaban J connectivity index is 2.47. The van der Waals surface area contributed by atoms with Gasteiger partial charge in [0, 0.05) is 31.7 Å². The highest BCUT2D eigenvalue weighted by Gasteiger charge is 2.26. The molecule has 17 heavy (non-hydrogen) atoms. The van der Waals surface area contributed by atoms with Crippen molar-refractivity contribution in [2.45, 2.75) is 71.9 Å². The molecule has 0 aromatic heterocycles. The second kappa shape index (κ2) is 8.10. The van der Waals surface area contributed by atoms with E-state index in [0.717, 1.165) is 18.0 Å². The Kier molecular flexibility index (Phi) is 7.14. The highest BCUT2D eigenvalue weighted by Crippen LogP contribution is 2.17. The van der Waals surface area contributed by atoms with Gasteiger partial charge < -0.3 is 5.32 Å². The molecular formula is C15H32N2. The quantitative estimate of drug-likeness (QED) is 0.735. The van der Waals surface area contributed by atoms with E-state index in [9.17, 15) is 0 Å². The molecule has 2 nitrogen and oxygen atoms in total. The molecule has 0 saturated carbocycles. The fourth-order valence-electron chi connectivity index (χ4n) is 3.03. The second-order valence-electron chi connectivity index (χ2n) is 5.80. The first-order valence-electron chi connectivity index (χ1n) is 7.68. The van der Waals surface area contributed by atoms with Crippen molar-refractivity contribution < 1.29 is 0 Å². The summed E-state index contributed by atoms with van der Waals surface area (Å²) < 4.78 is 0. The van der Waals surface area contributed by atoms with Crippen LogP contribution < -0.4 is 5.32 Å². The van der Waals surface area contributed by atoms with Crippen molar-refractivity contribution in [1.29, 1.82) is 0 Å². The summed E-state index contributed by atoms with van der Waals surface area (Å²) in [5.74, 6) is 0.856. The lowest BCUT2D eigenvalue weighted by Gasteiger charge is -2.41. The average molecular weight is 240 g/mol. The first kappa shape index (κ1) is 15.0.